The van der Waals surface area contributed by atoms with Crippen LogP contribution in [0.15, 0.2) is 5.51 Å². The SMILES string of the molecule is CC(C)(C)OC(=O)N1CCCC1CNc1nncs1. The second-order valence-corrected chi connectivity index (χ2v) is 6.43. The maximum atomic E-state index is 12.1. The van der Waals surface area contributed by atoms with E-state index in [9.17, 15) is 4.79 Å². The molecule has 6 nitrogen and oxygen atoms in total. The van der Waals surface area contributed by atoms with Crippen molar-refractivity contribution in [2.45, 2.75) is 45.3 Å². The van der Waals surface area contributed by atoms with Crippen molar-refractivity contribution < 1.29 is 9.53 Å². The summed E-state index contributed by atoms with van der Waals surface area (Å²) in [6, 6.07) is 0.166. The van der Waals surface area contributed by atoms with Gasteiger partial charge in [-0.2, -0.15) is 0 Å². The maximum absolute atomic E-state index is 12.1. The molecule has 0 saturated carbocycles. The lowest BCUT2D eigenvalue weighted by atomic mass is 10.2. The van der Waals surface area contributed by atoms with Crippen LogP contribution in [0, 0.1) is 0 Å². The number of nitrogens with zero attached hydrogens (tertiary/aromatic N) is 3. The highest BCUT2D eigenvalue weighted by molar-refractivity contribution is 7.13. The first kappa shape index (κ1) is 14.0. The van der Waals surface area contributed by atoms with Gasteiger partial charge in [0.25, 0.3) is 0 Å². The molecular formula is C12H20N4O2S. The van der Waals surface area contributed by atoms with Crippen LogP contribution in [0.2, 0.25) is 0 Å². The Morgan fingerprint density at radius 2 is 2.42 bits per heavy atom. The monoisotopic (exact) mass is 284 g/mol. The van der Waals surface area contributed by atoms with Crippen molar-refractivity contribution in [3.63, 3.8) is 0 Å². The molecule has 0 aliphatic carbocycles. The molecule has 0 spiro atoms. The topological polar surface area (TPSA) is 67.3 Å². The molecule has 7 heteroatoms. The number of anilines is 1. The molecule has 1 unspecified atom stereocenters. The van der Waals surface area contributed by atoms with Gasteiger partial charge in [0.15, 0.2) is 0 Å². The van der Waals surface area contributed by atoms with Gasteiger partial charge in [0.2, 0.25) is 5.13 Å². The molecule has 1 aliphatic heterocycles. The first-order valence-electron chi connectivity index (χ1n) is 6.45. The highest BCUT2D eigenvalue weighted by atomic mass is 32.1. The summed E-state index contributed by atoms with van der Waals surface area (Å²) in [6.45, 7) is 7.10. The second-order valence-electron chi connectivity index (χ2n) is 5.59. The summed E-state index contributed by atoms with van der Waals surface area (Å²) in [7, 11) is 0. The van der Waals surface area contributed by atoms with Gasteiger partial charge in [0, 0.05) is 13.1 Å². The fourth-order valence-corrected chi connectivity index (χ4v) is 2.52. The predicted octanol–water partition coefficient (Wildman–Crippen LogP) is 2.35. The van der Waals surface area contributed by atoms with Crippen molar-refractivity contribution >= 4 is 22.6 Å². The molecule has 1 fully saturated rings. The summed E-state index contributed by atoms with van der Waals surface area (Å²) in [5.74, 6) is 0. The summed E-state index contributed by atoms with van der Waals surface area (Å²) < 4.78 is 5.42. The highest BCUT2D eigenvalue weighted by Crippen LogP contribution is 2.21. The maximum Gasteiger partial charge on any atom is 0.410 e. The van der Waals surface area contributed by atoms with E-state index in [4.69, 9.17) is 4.74 Å². The number of nitrogens with one attached hydrogen (secondary N) is 1. The summed E-state index contributed by atoms with van der Waals surface area (Å²) in [5, 5.41) is 11.7. The summed E-state index contributed by atoms with van der Waals surface area (Å²) in [6.07, 6.45) is 1.78. The Morgan fingerprint density at radius 3 is 3.05 bits per heavy atom. The number of likely N-dealkylation sites (tertiary alicyclic amines) is 1. The van der Waals surface area contributed by atoms with Gasteiger partial charge in [0.1, 0.15) is 11.1 Å². The fraction of sp³-hybridized carbons (Fsp3) is 0.750. The van der Waals surface area contributed by atoms with Crippen LogP contribution in [0.4, 0.5) is 9.93 Å². The Hall–Kier alpha value is -1.37. The molecule has 1 amide bonds. The largest absolute Gasteiger partial charge is 0.444 e. The van der Waals surface area contributed by atoms with Crippen molar-refractivity contribution in [3.8, 4) is 0 Å². The van der Waals surface area contributed by atoms with Crippen LogP contribution >= 0.6 is 11.3 Å². The molecule has 106 valence electrons. The van der Waals surface area contributed by atoms with Gasteiger partial charge in [0.05, 0.1) is 6.04 Å². The van der Waals surface area contributed by atoms with Crippen molar-refractivity contribution in [1.82, 2.24) is 15.1 Å². The number of aromatic nitrogens is 2. The van der Waals surface area contributed by atoms with Gasteiger partial charge in [-0.05, 0) is 33.6 Å². The van der Waals surface area contributed by atoms with E-state index in [-0.39, 0.29) is 12.1 Å². The van der Waals surface area contributed by atoms with Crippen LogP contribution in [0.5, 0.6) is 0 Å². The molecule has 19 heavy (non-hydrogen) atoms. The van der Waals surface area contributed by atoms with Gasteiger partial charge in [-0.1, -0.05) is 11.3 Å². The third kappa shape index (κ3) is 4.05. The van der Waals surface area contributed by atoms with Gasteiger partial charge >= 0.3 is 6.09 Å². The van der Waals surface area contributed by atoms with Crippen molar-refractivity contribution in [1.29, 1.82) is 0 Å². The average Bonchev–Trinajstić information content (AvgIpc) is 2.95. The number of hydrogen-bond acceptors (Lipinski definition) is 6. The van der Waals surface area contributed by atoms with Gasteiger partial charge in [-0.25, -0.2) is 4.79 Å². The Morgan fingerprint density at radius 1 is 1.63 bits per heavy atom. The zero-order valence-electron chi connectivity index (χ0n) is 11.5. The standard InChI is InChI=1S/C12H20N4O2S/c1-12(2,3)18-11(17)16-6-4-5-9(16)7-13-10-15-14-8-19-10/h8-9H,4-7H2,1-3H3,(H,13,15). The molecule has 1 aromatic rings. The van der Waals surface area contributed by atoms with Crippen LogP contribution in [0.3, 0.4) is 0 Å². The Kier molecular flexibility index (Phi) is 4.24. The van der Waals surface area contributed by atoms with E-state index >= 15 is 0 Å². The van der Waals surface area contributed by atoms with Gasteiger partial charge < -0.3 is 15.0 Å². The van der Waals surface area contributed by atoms with Crippen LogP contribution in [0.25, 0.3) is 0 Å². The minimum Gasteiger partial charge on any atom is -0.444 e. The predicted molar refractivity (Wildman–Crippen MR) is 74.4 cm³/mol. The summed E-state index contributed by atoms with van der Waals surface area (Å²) in [5.41, 5.74) is 1.24. The number of ether oxygens (including phenoxy) is 1. The first-order chi connectivity index (χ1) is 8.96. The fourth-order valence-electron chi connectivity index (χ4n) is 2.06. The molecule has 1 N–H and O–H groups in total. The van der Waals surface area contributed by atoms with Gasteiger partial charge in [-0.15, -0.1) is 10.2 Å². The van der Waals surface area contributed by atoms with E-state index in [0.29, 0.717) is 6.54 Å². The van der Waals surface area contributed by atoms with Crippen LogP contribution in [0.1, 0.15) is 33.6 Å². The zero-order chi connectivity index (χ0) is 13.9. The smallest absolute Gasteiger partial charge is 0.410 e. The van der Waals surface area contributed by atoms with Crippen molar-refractivity contribution in [2.24, 2.45) is 0 Å². The molecule has 1 saturated heterocycles. The lowest BCUT2D eigenvalue weighted by Gasteiger charge is -2.28. The van der Waals surface area contributed by atoms with E-state index in [2.05, 4.69) is 15.5 Å². The van der Waals surface area contributed by atoms with Gasteiger partial charge in [-0.3, -0.25) is 0 Å². The Bertz CT molecular complexity index is 416. The van der Waals surface area contributed by atoms with E-state index in [0.717, 1.165) is 24.5 Å². The molecule has 2 heterocycles. The second kappa shape index (κ2) is 5.73. The summed E-state index contributed by atoms with van der Waals surface area (Å²) in [4.78, 5) is 13.9. The number of carbonyl (C=O) groups excluding carboxylic acids is 1. The average molecular weight is 284 g/mol. The summed E-state index contributed by atoms with van der Waals surface area (Å²) >= 11 is 1.46. The third-order valence-corrected chi connectivity index (χ3v) is 3.50. The molecule has 0 aromatic carbocycles. The lowest BCUT2D eigenvalue weighted by molar-refractivity contribution is 0.0235. The third-order valence-electron chi connectivity index (χ3n) is 2.85. The lowest BCUT2D eigenvalue weighted by Crippen LogP contribution is -2.42. The minimum absolute atomic E-state index is 0.166. The first-order valence-corrected chi connectivity index (χ1v) is 7.33. The quantitative estimate of drug-likeness (QED) is 0.922. The molecular weight excluding hydrogens is 264 g/mol. The molecule has 2 rings (SSSR count). The molecule has 1 aromatic heterocycles. The minimum atomic E-state index is -0.448. The van der Waals surface area contributed by atoms with Crippen LogP contribution in [-0.4, -0.2) is 45.9 Å². The number of carbonyl (C=O) groups is 1. The molecule has 0 radical (unpaired) electrons. The number of hydrogen-bond donors (Lipinski definition) is 1. The normalized spacial score (nSPS) is 19.5. The van der Waals surface area contributed by atoms with E-state index in [1.54, 1.807) is 10.4 Å². The Balaban J connectivity index is 1.87. The highest BCUT2D eigenvalue weighted by Gasteiger charge is 2.31. The molecule has 0 bridgehead atoms. The zero-order valence-corrected chi connectivity index (χ0v) is 12.4. The number of amides is 1. The van der Waals surface area contributed by atoms with E-state index in [1.807, 2.05) is 20.8 Å². The van der Waals surface area contributed by atoms with E-state index in [1.165, 1.54) is 11.3 Å². The molecule has 1 atom stereocenters. The van der Waals surface area contributed by atoms with Crippen molar-refractivity contribution in [3.05, 3.63) is 5.51 Å². The van der Waals surface area contributed by atoms with E-state index < -0.39 is 5.60 Å². The van der Waals surface area contributed by atoms with Crippen molar-refractivity contribution in [2.75, 3.05) is 18.4 Å². The number of rotatable bonds is 3. The van der Waals surface area contributed by atoms with Crippen LogP contribution < -0.4 is 5.32 Å². The van der Waals surface area contributed by atoms with Crippen LogP contribution in [-0.2, 0) is 4.74 Å². The molecule has 1 aliphatic rings. The Labute approximate surface area is 117 Å².